The van der Waals surface area contributed by atoms with Crippen LogP contribution < -0.4 is 0 Å². The van der Waals surface area contributed by atoms with Gasteiger partial charge < -0.3 is 4.74 Å². The second-order valence-electron chi connectivity index (χ2n) is 6.09. The summed E-state index contributed by atoms with van der Waals surface area (Å²) in [4.78, 5) is 0. The maximum Gasteiger partial charge on any atom is 0.0863 e. The summed E-state index contributed by atoms with van der Waals surface area (Å²) in [6, 6.07) is 21.5. The largest absolute Gasteiger partial charge is 0.373 e. The monoisotopic (exact) mass is 344 g/mol. The molecule has 2 aromatic rings. The summed E-state index contributed by atoms with van der Waals surface area (Å²) in [5, 5.41) is 0. The van der Waals surface area contributed by atoms with E-state index in [-0.39, 0.29) is 5.60 Å². The first-order chi connectivity index (χ1) is 11.4. The molecule has 1 saturated heterocycles. The molecule has 0 bridgehead atoms. The maximum absolute atomic E-state index is 6.17. The number of hydrogen-bond acceptors (Lipinski definition) is 3. The lowest BCUT2D eigenvalue weighted by atomic mass is 10.1. The molecule has 1 nitrogen and oxygen atoms in total. The van der Waals surface area contributed by atoms with E-state index >= 15 is 0 Å². The van der Waals surface area contributed by atoms with Crippen LogP contribution in [0.2, 0.25) is 0 Å². The molecule has 3 heteroatoms. The van der Waals surface area contributed by atoms with Gasteiger partial charge in [-0.05, 0) is 24.0 Å². The summed E-state index contributed by atoms with van der Waals surface area (Å²) in [6.45, 7) is 0.928. The second-order valence-corrected chi connectivity index (χ2v) is 8.06. The fraction of sp³-hybridized carbons (Fsp3) is 0.400. The summed E-state index contributed by atoms with van der Waals surface area (Å²) in [5.41, 5.74) is 2.89. The van der Waals surface area contributed by atoms with Crippen molar-refractivity contribution in [1.82, 2.24) is 0 Å². The first-order valence-corrected chi connectivity index (χ1v) is 10.5. The fourth-order valence-corrected chi connectivity index (χ4v) is 5.48. The minimum Gasteiger partial charge on any atom is -0.373 e. The van der Waals surface area contributed by atoms with Crippen LogP contribution in [0, 0.1) is 0 Å². The van der Waals surface area contributed by atoms with Crippen molar-refractivity contribution in [1.29, 1.82) is 0 Å². The van der Waals surface area contributed by atoms with Gasteiger partial charge in [0.05, 0.1) is 5.60 Å². The zero-order valence-corrected chi connectivity index (χ0v) is 15.1. The Hall–Kier alpha value is -0.900. The summed E-state index contributed by atoms with van der Waals surface area (Å²) >= 11 is 4.02. The highest BCUT2D eigenvalue weighted by Crippen LogP contribution is 2.34. The van der Waals surface area contributed by atoms with Gasteiger partial charge in [-0.2, -0.15) is 23.5 Å². The van der Waals surface area contributed by atoms with Crippen molar-refractivity contribution in [2.75, 3.05) is 18.1 Å². The van der Waals surface area contributed by atoms with Crippen LogP contribution in [0.25, 0.3) is 0 Å². The van der Waals surface area contributed by atoms with E-state index in [2.05, 4.69) is 60.7 Å². The molecule has 0 spiro atoms. The molecule has 1 aliphatic rings. The first kappa shape index (κ1) is 16.9. The Morgan fingerprint density at radius 3 is 1.74 bits per heavy atom. The van der Waals surface area contributed by atoms with E-state index in [0.29, 0.717) is 0 Å². The zero-order chi connectivity index (χ0) is 15.8. The van der Waals surface area contributed by atoms with E-state index in [1.807, 2.05) is 23.5 Å². The molecular weight excluding hydrogens is 320 g/mol. The molecular formula is C20H24OS2. The number of benzene rings is 2. The van der Waals surface area contributed by atoms with E-state index < -0.39 is 0 Å². The molecule has 0 aromatic heterocycles. The summed E-state index contributed by atoms with van der Waals surface area (Å²) in [6.07, 6.45) is 2.41. The van der Waals surface area contributed by atoms with Gasteiger partial charge in [0.15, 0.2) is 0 Å². The predicted molar refractivity (Wildman–Crippen MR) is 103 cm³/mol. The Kier molecular flexibility index (Phi) is 6.49. The summed E-state index contributed by atoms with van der Waals surface area (Å²) in [5.74, 6) is 4.36. The van der Waals surface area contributed by atoms with Gasteiger partial charge >= 0.3 is 0 Å². The van der Waals surface area contributed by atoms with Gasteiger partial charge in [-0.25, -0.2) is 0 Å². The van der Waals surface area contributed by atoms with E-state index in [4.69, 9.17) is 4.74 Å². The van der Waals surface area contributed by atoms with Gasteiger partial charge in [0, 0.05) is 29.6 Å². The van der Waals surface area contributed by atoms with Crippen LogP contribution >= 0.6 is 23.5 Å². The molecule has 1 heterocycles. The quantitative estimate of drug-likeness (QED) is 0.634. The minimum absolute atomic E-state index is 0.0822. The molecule has 3 rings (SSSR count). The average Bonchev–Trinajstić information content (AvgIpc) is 3.06. The highest BCUT2D eigenvalue weighted by Gasteiger charge is 2.34. The van der Waals surface area contributed by atoms with Crippen LogP contribution in [0.5, 0.6) is 0 Å². The SMILES string of the molecule is c1ccc(CSCC2(CSCc3ccccc3)CCCO2)cc1. The lowest BCUT2D eigenvalue weighted by Gasteiger charge is -2.27. The van der Waals surface area contributed by atoms with Crippen LogP contribution in [0.1, 0.15) is 24.0 Å². The van der Waals surface area contributed by atoms with Crippen LogP contribution in [-0.2, 0) is 16.2 Å². The topological polar surface area (TPSA) is 9.23 Å². The molecule has 0 atom stereocenters. The molecule has 0 saturated carbocycles. The Bertz CT molecular complexity index is 517. The average molecular weight is 345 g/mol. The van der Waals surface area contributed by atoms with Crippen LogP contribution in [0.15, 0.2) is 60.7 Å². The lowest BCUT2D eigenvalue weighted by molar-refractivity contribution is 0.0449. The van der Waals surface area contributed by atoms with Crippen molar-refractivity contribution in [3.8, 4) is 0 Å². The highest BCUT2D eigenvalue weighted by molar-refractivity contribution is 7.99. The number of thioether (sulfide) groups is 2. The Morgan fingerprint density at radius 1 is 0.783 bits per heavy atom. The van der Waals surface area contributed by atoms with Crippen LogP contribution in [0.4, 0.5) is 0 Å². The smallest absolute Gasteiger partial charge is 0.0863 e. The zero-order valence-electron chi connectivity index (χ0n) is 13.4. The molecule has 0 N–H and O–H groups in total. The summed E-state index contributed by atoms with van der Waals surface area (Å²) < 4.78 is 6.17. The molecule has 0 unspecified atom stereocenters. The Labute approximate surface area is 148 Å². The number of hydrogen-bond donors (Lipinski definition) is 0. The lowest BCUT2D eigenvalue weighted by Crippen LogP contribution is -2.34. The van der Waals surface area contributed by atoms with Crippen molar-refractivity contribution in [2.24, 2.45) is 0 Å². The van der Waals surface area contributed by atoms with E-state index in [1.165, 1.54) is 24.0 Å². The normalized spacial score (nSPS) is 16.5. The third-order valence-corrected chi connectivity index (χ3v) is 6.67. The van der Waals surface area contributed by atoms with Crippen LogP contribution in [0.3, 0.4) is 0 Å². The molecule has 122 valence electrons. The van der Waals surface area contributed by atoms with Gasteiger partial charge in [0.2, 0.25) is 0 Å². The van der Waals surface area contributed by atoms with Crippen molar-refractivity contribution in [3.63, 3.8) is 0 Å². The predicted octanol–water partition coefficient (Wildman–Crippen LogP) is 5.40. The highest BCUT2D eigenvalue weighted by atomic mass is 32.2. The third kappa shape index (κ3) is 5.30. The number of ether oxygens (including phenoxy) is 1. The molecule has 0 radical (unpaired) electrons. The fourth-order valence-electron chi connectivity index (χ4n) is 2.88. The summed E-state index contributed by atoms with van der Waals surface area (Å²) in [7, 11) is 0. The van der Waals surface area contributed by atoms with E-state index in [1.54, 1.807) is 0 Å². The molecule has 0 amide bonds. The van der Waals surface area contributed by atoms with Crippen molar-refractivity contribution in [2.45, 2.75) is 29.9 Å². The van der Waals surface area contributed by atoms with Gasteiger partial charge in [-0.1, -0.05) is 60.7 Å². The molecule has 23 heavy (non-hydrogen) atoms. The van der Waals surface area contributed by atoms with E-state index in [0.717, 1.165) is 29.6 Å². The molecule has 1 aliphatic heterocycles. The molecule has 2 aromatic carbocycles. The standard InChI is InChI=1S/C20H24OS2/c1-3-8-18(9-4-1)14-22-16-20(12-7-13-21-20)17-23-15-19-10-5-2-6-11-19/h1-6,8-11H,7,12-17H2. The minimum atomic E-state index is 0.0822. The van der Waals surface area contributed by atoms with E-state index in [9.17, 15) is 0 Å². The number of rotatable bonds is 8. The van der Waals surface area contributed by atoms with Gasteiger partial charge in [-0.15, -0.1) is 0 Å². The van der Waals surface area contributed by atoms with Crippen molar-refractivity contribution < 1.29 is 4.74 Å². The van der Waals surface area contributed by atoms with Crippen LogP contribution in [-0.4, -0.2) is 23.7 Å². The maximum atomic E-state index is 6.17. The van der Waals surface area contributed by atoms with Gasteiger partial charge in [0.1, 0.15) is 0 Å². The Balaban J connectivity index is 1.47. The first-order valence-electron chi connectivity index (χ1n) is 8.24. The molecule has 0 aliphatic carbocycles. The van der Waals surface area contributed by atoms with Crippen molar-refractivity contribution >= 4 is 23.5 Å². The van der Waals surface area contributed by atoms with Crippen molar-refractivity contribution in [3.05, 3.63) is 71.8 Å². The second kappa shape index (κ2) is 8.81. The third-order valence-electron chi connectivity index (χ3n) is 4.14. The van der Waals surface area contributed by atoms with Gasteiger partial charge in [0.25, 0.3) is 0 Å². The Morgan fingerprint density at radius 2 is 1.30 bits per heavy atom. The van der Waals surface area contributed by atoms with Gasteiger partial charge in [-0.3, -0.25) is 0 Å². The molecule has 1 fully saturated rings.